The Morgan fingerprint density at radius 1 is 0.886 bits per heavy atom. The van der Waals surface area contributed by atoms with E-state index >= 15 is 0 Å². The van der Waals surface area contributed by atoms with Crippen molar-refractivity contribution in [2.75, 3.05) is 6.61 Å². The molecule has 0 atom stereocenters. The molecule has 0 amide bonds. The van der Waals surface area contributed by atoms with Crippen molar-refractivity contribution in [1.82, 2.24) is 14.3 Å². The van der Waals surface area contributed by atoms with E-state index in [4.69, 9.17) is 9.84 Å². The normalized spacial score (nSPS) is 11.3. The van der Waals surface area contributed by atoms with Crippen LogP contribution in [0.4, 0.5) is 0 Å². The molecule has 1 N–H and O–H groups in total. The minimum absolute atomic E-state index is 0.0590. The lowest BCUT2D eigenvalue weighted by molar-refractivity contribution is -0.139. The molecule has 0 fully saturated rings. The maximum absolute atomic E-state index is 13.5. The molecule has 0 unspecified atom stereocenters. The topological polar surface area (TPSA) is 110 Å². The molecule has 4 aromatic rings. The highest BCUT2D eigenvalue weighted by Crippen LogP contribution is 2.24. The average Bonchev–Trinajstić information content (AvgIpc) is 2.89. The SMILES string of the molecule is O=C(O)COc1cccc(CN(Cc2ccc(-c3ccccn3)cc2)S(=O)(=O)c2cccnc2)c1. The second-order valence-electron chi connectivity index (χ2n) is 7.70. The molecule has 4 rings (SSSR count). The van der Waals surface area contributed by atoms with Crippen LogP contribution in [0.25, 0.3) is 11.3 Å². The van der Waals surface area contributed by atoms with Crippen LogP contribution in [-0.4, -0.2) is 40.4 Å². The van der Waals surface area contributed by atoms with Gasteiger partial charge in [0, 0.05) is 37.2 Å². The summed E-state index contributed by atoms with van der Waals surface area (Å²) in [5.74, 6) is -0.742. The number of carboxylic acids is 1. The largest absolute Gasteiger partial charge is 0.482 e. The molecular formula is C26H23N3O5S. The Labute approximate surface area is 203 Å². The standard InChI is InChI=1S/C26H23N3O5S/c30-26(31)19-34-23-6-3-5-21(15-23)18-29(35(32,33)24-7-4-13-27-16-24)17-20-9-11-22(12-10-20)25-8-1-2-14-28-25/h1-16H,17-19H2,(H,30,31). The van der Waals surface area contributed by atoms with E-state index in [1.807, 2.05) is 42.5 Å². The summed E-state index contributed by atoms with van der Waals surface area (Å²) in [5.41, 5.74) is 3.22. The summed E-state index contributed by atoms with van der Waals surface area (Å²) < 4.78 is 33.6. The van der Waals surface area contributed by atoms with Crippen LogP contribution in [0.5, 0.6) is 5.75 Å². The van der Waals surface area contributed by atoms with Crippen LogP contribution < -0.4 is 4.74 Å². The number of sulfonamides is 1. The first kappa shape index (κ1) is 24.1. The van der Waals surface area contributed by atoms with E-state index in [0.717, 1.165) is 16.8 Å². The predicted molar refractivity (Wildman–Crippen MR) is 130 cm³/mol. The first-order valence-electron chi connectivity index (χ1n) is 10.8. The third-order valence-electron chi connectivity index (χ3n) is 5.17. The quantitative estimate of drug-likeness (QED) is 0.359. The number of aliphatic carboxylic acids is 1. The highest BCUT2D eigenvalue weighted by molar-refractivity contribution is 7.89. The van der Waals surface area contributed by atoms with Crippen molar-refractivity contribution >= 4 is 16.0 Å². The average molecular weight is 490 g/mol. The number of rotatable bonds is 10. The van der Waals surface area contributed by atoms with Crippen LogP contribution >= 0.6 is 0 Å². The first-order chi connectivity index (χ1) is 16.9. The Morgan fingerprint density at radius 2 is 1.69 bits per heavy atom. The summed E-state index contributed by atoms with van der Waals surface area (Å²) in [7, 11) is -3.87. The van der Waals surface area contributed by atoms with E-state index in [-0.39, 0.29) is 18.0 Å². The lowest BCUT2D eigenvalue weighted by Gasteiger charge is -2.23. The first-order valence-corrected chi connectivity index (χ1v) is 12.2. The van der Waals surface area contributed by atoms with Gasteiger partial charge >= 0.3 is 5.97 Å². The van der Waals surface area contributed by atoms with Gasteiger partial charge in [0.1, 0.15) is 10.6 Å². The number of carboxylic acid groups (broad SMARTS) is 1. The van der Waals surface area contributed by atoms with E-state index in [1.54, 1.807) is 36.5 Å². The number of ether oxygens (including phenoxy) is 1. The molecule has 35 heavy (non-hydrogen) atoms. The number of aromatic nitrogens is 2. The van der Waals surface area contributed by atoms with Crippen molar-refractivity contribution in [3.63, 3.8) is 0 Å². The van der Waals surface area contributed by atoms with Crippen LogP contribution in [0, 0.1) is 0 Å². The van der Waals surface area contributed by atoms with Gasteiger partial charge in [-0.25, -0.2) is 13.2 Å². The van der Waals surface area contributed by atoms with Gasteiger partial charge in [0.05, 0.1) is 5.69 Å². The number of hydrogen-bond donors (Lipinski definition) is 1. The summed E-state index contributed by atoms with van der Waals surface area (Å²) in [4.78, 5) is 19.2. The van der Waals surface area contributed by atoms with E-state index < -0.39 is 22.6 Å². The van der Waals surface area contributed by atoms with Crippen LogP contribution in [-0.2, 0) is 27.9 Å². The molecule has 178 valence electrons. The monoisotopic (exact) mass is 489 g/mol. The third kappa shape index (κ3) is 6.28. The molecule has 0 saturated carbocycles. The fourth-order valence-corrected chi connectivity index (χ4v) is 4.86. The van der Waals surface area contributed by atoms with E-state index in [0.29, 0.717) is 11.3 Å². The van der Waals surface area contributed by atoms with E-state index in [2.05, 4.69) is 9.97 Å². The summed E-state index contributed by atoms with van der Waals surface area (Å²) in [5, 5.41) is 8.86. The Bertz CT molecular complexity index is 1380. The number of benzene rings is 2. The maximum atomic E-state index is 13.5. The van der Waals surface area contributed by atoms with Gasteiger partial charge < -0.3 is 9.84 Å². The second-order valence-corrected chi connectivity index (χ2v) is 9.64. The van der Waals surface area contributed by atoms with Crippen molar-refractivity contribution in [3.05, 3.63) is 109 Å². The van der Waals surface area contributed by atoms with Crippen LogP contribution in [0.15, 0.2) is 102 Å². The fourth-order valence-electron chi connectivity index (χ4n) is 3.48. The van der Waals surface area contributed by atoms with Gasteiger partial charge in [-0.2, -0.15) is 4.31 Å². The van der Waals surface area contributed by atoms with Crippen molar-refractivity contribution in [1.29, 1.82) is 0 Å². The van der Waals surface area contributed by atoms with E-state index in [9.17, 15) is 13.2 Å². The molecule has 0 spiro atoms. The van der Waals surface area contributed by atoms with Crippen molar-refractivity contribution in [2.24, 2.45) is 0 Å². The van der Waals surface area contributed by atoms with Crippen LogP contribution in [0.2, 0.25) is 0 Å². The zero-order valence-electron chi connectivity index (χ0n) is 18.7. The number of hydrogen-bond acceptors (Lipinski definition) is 6. The molecule has 0 radical (unpaired) electrons. The zero-order valence-corrected chi connectivity index (χ0v) is 19.5. The molecule has 2 aromatic carbocycles. The third-order valence-corrected chi connectivity index (χ3v) is 6.94. The van der Waals surface area contributed by atoms with Gasteiger partial charge in [-0.1, -0.05) is 42.5 Å². The molecule has 9 heteroatoms. The second kappa shape index (κ2) is 10.9. The van der Waals surface area contributed by atoms with Gasteiger partial charge in [-0.15, -0.1) is 0 Å². The predicted octanol–water partition coefficient (Wildman–Crippen LogP) is 4.00. The molecule has 0 aliphatic carbocycles. The molecule has 2 aromatic heterocycles. The molecule has 0 aliphatic heterocycles. The summed E-state index contributed by atoms with van der Waals surface area (Å²) in [6.45, 7) is -0.298. The van der Waals surface area contributed by atoms with Gasteiger partial charge in [-0.05, 0) is 47.5 Å². The molecule has 8 nitrogen and oxygen atoms in total. The summed E-state index contributed by atoms with van der Waals surface area (Å²) in [6.07, 6.45) is 4.56. The minimum atomic E-state index is -3.87. The number of nitrogens with zero attached hydrogens (tertiary/aromatic N) is 3. The maximum Gasteiger partial charge on any atom is 0.341 e. The Morgan fingerprint density at radius 3 is 2.37 bits per heavy atom. The number of carbonyl (C=O) groups is 1. The fraction of sp³-hybridized carbons (Fsp3) is 0.115. The molecule has 0 bridgehead atoms. The van der Waals surface area contributed by atoms with Crippen LogP contribution in [0.3, 0.4) is 0 Å². The van der Waals surface area contributed by atoms with Crippen molar-refractivity contribution in [3.8, 4) is 17.0 Å². The Hall–Kier alpha value is -4.08. The van der Waals surface area contributed by atoms with Gasteiger partial charge in [-0.3, -0.25) is 9.97 Å². The highest BCUT2D eigenvalue weighted by Gasteiger charge is 2.25. The lowest BCUT2D eigenvalue weighted by atomic mass is 10.1. The number of pyridine rings is 2. The Balaban J connectivity index is 1.61. The molecule has 0 aliphatic rings. The highest BCUT2D eigenvalue weighted by atomic mass is 32.2. The van der Waals surface area contributed by atoms with Crippen molar-refractivity contribution < 1.29 is 23.1 Å². The van der Waals surface area contributed by atoms with Gasteiger partial charge in [0.15, 0.2) is 6.61 Å². The molecule has 0 saturated heterocycles. The molecule has 2 heterocycles. The Kier molecular flexibility index (Phi) is 7.49. The minimum Gasteiger partial charge on any atom is -0.482 e. The lowest BCUT2D eigenvalue weighted by Crippen LogP contribution is -2.30. The smallest absolute Gasteiger partial charge is 0.341 e. The summed E-state index contributed by atoms with van der Waals surface area (Å²) in [6, 6.07) is 23.1. The molecular weight excluding hydrogens is 466 g/mol. The zero-order chi connectivity index (χ0) is 24.7. The van der Waals surface area contributed by atoms with Crippen molar-refractivity contribution in [2.45, 2.75) is 18.0 Å². The van der Waals surface area contributed by atoms with Gasteiger partial charge in [0.25, 0.3) is 0 Å². The summed E-state index contributed by atoms with van der Waals surface area (Å²) >= 11 is 0. The van der Waals surface area contributed by atoms with Gasteiger partial charge in [0.2, 0.25) is 10.0 Å². The van der Waals surface area contributed by atoms with Crippen LogP contribution in [0.1, 0.15) is 11.1 Å². The van der Waals surface area contributed by atoms with E-state index in [1.165, 1.54) is 22.8 Å².